The number of unbranched alkanes of at least 4 members (excludes halogenated alkanes) is 1. The highest BCUT2D eigenvalue weighted by Gasteiger charge is 2.36. The monoisotopic (exact) mass is 403 g/mol. The summed E-state index contributed by atoms with van der Waals surface area (Å²) in [5.74, 6) is 0.569. The Morgan fingerprint density at radius 1 is 1.00 bits per heavy atom. The van der Waals surface area contributed by atoms with Crippen LogP contribution in [-0.4, -0.2) is 56.2 Å². The normalized spacial score (nSPS) is 18.7. The first kappa shape index (κ1) is 20.1. The number of hydrogen-bond donors (Lipinski definition) is 2. The molecule has 2 N–H and O–H groups in total. The highest BCUT2D eigenvalue weighted by molar-refractivity contribution is 6.13. The van der Waals surface area contributed by atoms with Gasteiger partial charge >= 0.3 is 0 Å². The smallest absolute Gasteiger partial charge is 0.205 e. The maximum Gasteiger partial charge on any atom is 0.205 e. The molecule has 30 heavy (non-hydrogen) atoms. The quantitative estimate of drug-likeness (QED) is 0.588. The molecule has 7 heteroatoms. The van der Waals surface area contributed by atoms with E-state index in [1.54, 1.807) is 0 Å². The van der Waals surface area contributed by atoms with Crippen molar-refractivity contribution in [3.63, 3.8) is 0 Å². The van der Waals surface area contributed by atoms with E-state index in [1.807, 2.05) is 18.2 Å². The number of aliphatic hydroxyl groups is 1. The van der Waals surface area contributed by atoms with Gasteiger partial charge in [-0.2, -0.15) is 9.81 Å². The van der Waals surface area contributed by atoms with Crippen molar-refractivity contribution in [1.82, 2.24) is 20.6 Å². The van der Waals surface area contributed by atoms with Crippen molar-refractivity contribution < 1.29 is 9.70 Å². The van der Waals surface area contributed by atoms with Crippen LogP contribution in [-0.2, 0) is 0 Å². The van der Waals surface area contributed by atoms with E-state index >= 15 is 0 Å². The number of aliphatic hydroxyl groups excluding tert-OH is 1. The highest BCUT2D eigenvalue weighted by atomic mass is 16.3. The molecule has 1 atom stereocenters. The number of nitrogens with zero attached hydrogens (tertiary/aromatic N) is 5. The van der Waals surface area contributed by atoms with Crippen LogP contribution in [0.1, 0.15) is 32.3 Å². The van der Waals surface area contributed by atoms with Crippen LogP contribution in [0.4, 0.5) is 0 Å². The average Bonchev–Trinajstić information content (AvgIpc) is 3.40. The summed E-state index contributed by atoms with van der Waals surface area (Å²) in [5, 5.41) is 29.5. The van der Waals surface area contributed by atoms with Crippen molar-refractivity contribution in [3.05, 3.63) is 65.4 Å². The van der Waals surface area contributed by atoms with Crippen LogP contribution in [0.15, 0.2) is 64.9 Å². The Labute approximate surface area is 176 Å². The van der Waals surface area contributed by atoms with Gasteiger partial charge in [-0.25, -0.2) is 0 Å². The lowest BCUT2D eigenvalue weighted by Gasteiger charge is -2.24. The molecule has 0 radical (unpaired) electrons. The van der Waals surface area contributed by atoms with Crippen LogP contribution in [0, 0.1) is 0 Å². The fourth-order valence-electron chi connectivity index (χ4n) is 3.94. The minimum absolute atomic E-state index is 0.00690. The molecular formula is C23H27N6O+. The number of allylic oxidation sites excluding steroid dienone is 1. The van der Waals surface area contributed by atoms with Crippen LogP contribution < -0.4 is 0 Å². The first-order valence-corrected chi connectivity index (χ1v) is 10.3. The van der Waals surface area contributed by atoms with Crippen molar-refractivity contribution in [2.24, 2.45) is 5.10 Å². The number of hydrogen-bond acceptors (Lipinski definition) is 5. The molecule has 0 spiro atoms. The zero-order chi connectivity index (χ0) is 21.1. The number of nitrogens with one attached hydrogen (secondary N) is 1. The van der Waals surface area contributed by atoms with Crippen molar-refractivity contribution in [3.8, 4) is 22.5 Å². The molecule has 154 valence electrons. The Kier molecular flexibility index (Phi) is 5.57. The summed E-state index contributed by atoms with van der Waals surface area (Å²) in [7, 11) is 2.11. The van der Waals surface area contributed by atoms with Crippen molar-refractivity contribution in [2.75, 3.05) is 20.2 Å². The minimum Gasteiger partial charge on any atom is -0.391 e. The molecule has 1 aliphatic rings. The summed E-state index contributed by atoms with van der Waals surface area (Å²) >= 11 is 0. The zero-order valence-corrected chi connectivity index (χ0v) is 17.6. The summed E-state index contributed by atoms with van der Waals surface area (Å²) in [5.41, 5.74) is 6.96. The molecule has 1 aliphatic heterocycles. The van der Waals surface area contributed by atoms with Gasteiger partial charge in [-0.1, -0.05) is 67.0 Å². The fourth-order valence-corrected chi connectivity index (χ4v) is 3.94. The number of rotatable bonds is 7. The molecule has 7 nitrogen and oxygen atoms in total. The lowest BCUT2D eigenvalue weighted by atomic mass is 9.96. The standard InChI is InChI=1S/C23H27N6O/c1-4-5-14-29(3)16(2)21(15-30)22(26-29)18-12-10-17(11-13-18)19-8-6-7-9-20(19)23-24-27-28-25-23/h6-13,30H,4-5,14-15H2,1-3H3,(H,24,25,27,28)/q+1. The largest absolute Gasteiger partial charge is 0.391 e. The van der Waals surface area contributed by atoms with Gasteiger partial charge in [-0.15, -0.1) is 10.2 Å². The lowest BCUT2D eigenvalue weighted by molar-refractivity contribution is -0.877. The van der Waals surface area contributed by atoms with Gasteiger partial charge in [0.1, 0.15) is 18.0 Å². The number of H-pyrrole nitrogens is 1. The van der Waals surface area contributed by atoms with Crippen LogP contribution in [0.2, 0.25) is 0 Å². The number of benzene rings is 2. The van der Waals surface area contributed by atoms with Crippen molar-refractivity contribution in [2.45, 2.75) is 26.7 Å². The first-order chi connectivity index (χ1) is 14.6. The fraction of sp³-hybridized carbons (Fsp3) is 0.304. The maximum atomic E-state index is 10.0. The van der Waals surface area contributed by atoms with Crippen molar-refractivity contribution in [1.29, 1.82) is 0 Å². The molecule has 1 aromatic heterocycles. The predicted octanol–water partition coefficient (Wildman–Crippen LogP) is 3.76. The van der Waals surface area contributed by atoms with E-state index in [0.29, 0.717) is 10.4 Å². The number of quaternary nitrogens is 1. The third-order valence-corrected chi connectivity index (χ3v) is 5.85. The molecule has 0 aliphatic carbocycles. The molecule has 0 bridgehead atoms. The van der Waals surface area contributed by atoms with Gasteiger partial charge in [0.25, 0.3) is 0 Å². The Morgan fingerprint density at radius 3 is 2.33 bits per heavy atom. The molecule has 4 rings (SSSR count). The summed E-state index contributed by atoms with van der Waals surface area (Å²) in [6.45, 7) is 5.19. The van der Waals surface area contributed by atoms with Crippen LogP contribution in [0.25, 0.3) is 22.5 Å². The molecule has 1 unspecified atom stereocenters. The van der Waals surface area contributed by atoms with E-state index in [0.717, 1.165) is 58.6 Å². The molecule has 0 saturated heterocycles. The number of aromatic amines is 1. The molecule has 2 heterocycles. The predicted molar refractivity (Wildman–Crippen MR) is 117 cm³/mol. The topological polar surface area (TPSA) is 87.0 Å². The summed E-state index contributed by atoms with van der Waals surface area (Å²) in [6, 6.07) is 16.3. The van der Waals surface area contributed by atoms with E-state index < -0.39 is 0 Å². The van der Waals surface area contributed by atoms with Crippen LogP contribution in [0.3, 0.4) is 0 Å². The van der Waals surface area contributed by atoms with E-state index in [9.17, 15) is 5.11 Å². The number of aromatic nitrogens is 4. The molecule has 0 saturated carbocycles. The molecule has 0 amide bonds. The zero-order valence-electron chi connectivity index (χ0n) is 17.6. The van der Waals surface area contributed by atoms with Gasteiger partial charge in [-0.05, 0) is 22.8 Å². The third-order valence-electron chi connectivity index (χ3n) is 5.85. The van der Waals surface area contributed by atoms with Gasteiger partial charge in [0.05, 0.1) is 19.2 Å². The Bertz CT molecular complexity index is 1090. The van der Waals surface area contributed by atoms with Crippen LogP contribution >= 0.6 is 0 Å². The first-order valence-electron chi connectivity index (χ1n) is 10.3. The summed E-state index contributed by atoms with van der Waals surface area (Å²) in [4.78, 5) is 0. The van der Waals surface area contributed by atoms with Crippen molar-refractivity contribution >= 4 is 5.71 Å². The third kappa shape index (κ3) is 3.58. The summed E-state index contributed by atoms with van der Waals surface area (Å²) < 4.78 is 0.515. The minimum atomic E-state index is -0.00690. The van der Waals surface area contributed by atoms with Gasteiger partial charge in [-0.3, -0.25) is 0 Å². The second-order valence-corrected chi connectivity index (χ2v) is 7.75. The highest BCUT2D eigenvalue weighted by Crippen LogP contribution is 2.33. The van der Waals surface area contributed by atoms with E-state index in [4.69, 9.17) is 5.10 Å². The second kappa shape index (κ2) is 8.30. The van der Waals surface area contributed by atoms with E-state index in [-0.39, 0.29) is 6.61 Å². The molecular weight excluding hydrogens is 376 g/mol. The SMILES string of the molecule is CCCC[N+]1(C)N=C(c2ccc(-c3ccccc3-c3nn[nH]n3)cc2)C(CO)=C1C. The Morgan fingerprint density at radius 2 is 1.70 bits per heavy atom. The maximum absolute atomic E-state index is 10.0. The number of tetrazole rings is 1. The summed E-state index contributed by atoms with van der Waals surface area (Å²) in [6.07, 6.45) is 2.21. The Balaban J connectivity index is 1.69. The van der Waals surface area contributed by atoms with Gasteiger partial charge in [0, 0.05) is 18.1 Å². The molecule has 3 aromatic rings. The molecule has 0 fully saturated rings. The van der Waals surface area contributed by atoms with Gasteiger partial charge in [0.15, 0.2) is 0 Å². The van der Waals surface area contributed by atoms with E-state index in [1.165, 1.54) is 0 Å². The van der Waals surface area contributed by atoms with Gasteiger partial charge in [0.2, 0.25) is 5.82 Å². The Hall–Kier alpha value is -3.16. The van der Waals surface area contributed by atoms with E-state index in [2.05, 4.69) is 71.9 Å². The van der Waals surface area contributed by atoms with Crippen LogP contribution in [0.5, 0.6) is 0 Å². The second-order valence-electron chi connectivity index (χ2n) is 7.75. The molecule has 2 aromatic carbocycles. The average molecular weight is 404 g/mol. The van der Waals surface area contributed by atoms with Gasteiger partial charge < -0.3 is 5.11 Å². The lowest BCUT2D eigenvalue weighted by Crippen LogP contribution is -2.35.